The summed E-state index contributed by atoms with van der Waals surface area (Å²) in [5.41, 5.74) is 7.83. The first kappa shape index (κ1) is 27.8. The molecule has 7 aromatic carbocycles. The molecule has 0 aliphatic heterocycles. The normalized spacial score (nSPS) is 11.3. The van der Waals surface area contributed by atoms with Crippen LogP contribution in [0.25, 0.3) is 89.0 Å². The Balaban J connectivity index is 1.34. The molecule has 4 heteroatoms. The van der Waals surface area contributed by atoms with Crippen LogP contribution in [0.2, 0.25) is 0 Å². The minimum atomic E-state index is 0.609. The van der Waals surface area contributed by atoms with Crippen LogP contribution in [0.1, 0.15) is 0 Å². The summed E-state index contributed by atoms with van der Waals surface area (Å²) in [6, 6.07) is 58.7. The molecule has 0 bridgehead atoms. The smallest absolute Gasteiger partial charge is 0.164 e. The molecule has 48 heavy (non-hydrogen) atoms. The SMILES string of the molecule is c1ccc(-c2cc(-c3nc(-c4ccccc4)nc(-c4ccccc4)n3)cc(-c3nc4ccccc4c4c3ccc3ccccc34)c2)cc1. The molecule has 9 rings (SSSR count). The molecule has 0 unspecified atom stereocenters. The Morgan fingerprint density at radius 1 is 0.292 bits per heavy atom. The van der Waals surface area contributed by atoms with E-state index in [1.165, 1.54) is 16.2 Å². The molecule has 0 atom stereocenters. The quantitative estimate of drug-likeness (QED) is 0.181. The van der Waals surface area contributed by atoms with Crippen molar-refractivity contribution in [3.05, 3.63) is 170 Å². The van der Waals surface area contributed by atoms with Crippen molar-refractivity contribution in [3.63, 3.8) is 0 Å². The molecule has 2 heterocycles. The molecule has 0 N–H and O–H groups in total. The fourth-order valence-electron chi connectivity index (χ4n) is 6.57. The second-order valence-corrected chi connectivity index (χ2v) is 11.9. The number of para-hydroxylation sites is 1. The van der Waals surface area contributed by atoms with Gasteiger partial charge < -0.3 is 0 Å². The summed E-state index contributed by atoms with van der Waals surface area (Å²) in [5.74, 6) is 1.87. The third-order valence-electron chi connectivity index (χ3n) is 8.86. The highest BCUT2D eigenvalue weighted by Crippen LogP contribution is 2.39. The fraction of sp³-hybridized carbons (Fsp3) is 0. The molecular weight excluding hydrogens is 585 g/mol. The van der Waals surface area contributed by atoms with Crippen molar-refractivity contribution in [2.45, 2.75) is 0 Å². The van der Waals surface area contributed by atoms with E-state index in [9.17, 15) is 0 Å². The molecule has 0 fully saturated rings. The molecule has 224 valence electrons. The second kappa shape index (κ2) is 11.7. The van der Waals surface area contributed by atoms with Crippen LogP contribution in [0.5, 0.6) is 0 Å². The first-order valence-corrected chi connectivity index (χ1v) is 16.1. The van der Waals surface area contributed by atoms with Gasteiger partial charge in [-0.2, -0.15) is 0 Å². The second-order valence-electron chi connectivity index (χ2n) is 11.9. The number of benzene rings is 7. The highest BCUT2D eigenvalue weighted by Gasteiger charge is 2.18. The number of hydrogen-bond donors (Lipinski definition) is 0. The first-order chi connectivity index (χ1) is 23.8. The summed E-state index contributed by atoms with van der Waals surface area (Å²) < 4.78 is 0. The van der Waals surface area contributed by atoms with Crippen LogP contribution in [0, 0.1) is 0 Å². The molecule has 0 aliphatic carbocycles. The lowest BCUT2D eigenvalue weighted by Crippen LogP contribution is -2.00. The van der Waals surface area contributed by atoms with Crippen LogP contribution < -0.4 is 0 Å². The van der Waals surface area contributed by atoms with E-state index in [0.717, 1.165) is 55.4 Å². The summed E-state index contributed by atoms with van der Waals surface area (Å²) >= 11 is 0. The van der Waals surface area contributed by atoms with Crippen LogP contribution in [-0.4, -0.2) is 19.9 Å². The van der Waals surface area contributed by atoms with Crippen molar-refractivity contribution >= 4 is 32.4 Å². The van der Waals surface area contributed by atoms with Gasteiger partial charge in [0, 0.05) is 38.4 Å². The number of aromatic nitrogens is 4. The summed E-state index contributed by atoms with van der Waals surface area (Å²) in [6.07, 6.45) is 0. The maximum Gasteiger partial charge on any atom is 0.164 e. The molecule has 0 amide bonds. The Labute approximate surface area is 278 Å². The monoisotopic (exact) mass is 612 g/mol. The largest absolute Gasteiger partial charge is 0.247 e. The number of rotatable bonds is 5. The molecule has 2 aromatic heterocycles. The van der Waals surface area contributed by atoms with E-state index in [-0.39, 0.29) is 0 Å². The van der Waals surface area contributed by atoms with Gasteiger partial charge in [-0.15, -0.1) is 0 Å². The average Bonchev–Trinajstić information content (AvgIpc) is 3.18. The van der Waals surface area contributed by atoms with Gasteiger partial charge in [0.2, 0.25) is 0 Å². The molecule has 4 nitrogen and oxygen atoms in total. The van der Waals surface area contributed by atoms with Gasteiger partial charge in [0.25, 0.3) is 0 Å². The van der Waals surface area contributed by atoms with Crippen LogP contribution in [0.15, 0.2) is 170 Å². The third kappa shape index (κ3) is 4.97. The van der Waals surface area contributed by atoms with Crippen LogP contribution >= 0.6 is 0 Å². The lowest BCUT2D eigenvalue weighted by atomic mass is 9.92. The van der Waals surface area contributed by atoms with Gasteiger partial charge in [0.15, 0.2) is 17.5 Å². The predicted octanol–water partition coefficient (Wildman–Crippen LogP) is 11.1. The molecule has 9 aromatic rings. The predicted molar refractivity (Wildman–Crippen MR) is 197 cm³/mol. The topological polar surface area (TPSA) is 51.6 Å². The highest BCUT2D eigenvalue weighted by molar-refractivity contribution is 6.22. The maximum atomic E-state index is 5.33. The summed E-state index contributed by atoms with van der Waals surface area (Å²) in [7, 11) is 0. The van der Waals surface area contributed by atoms with E-state index >= 15 is 0 Å². The lowest BCUT2D eigenvalue weighted by Gasteiger charge is -2.15. The average molecular weight is 613 g/mol. The number of pyridine rings is 1. The first-order valence-electron chi connectivity index (χ1n) is 16.1. The van der Waals surface area contributed by atoms with E-state index in [4.69, 9.17) is 19.9 Å². The zero-order chi connectivity index (χ0) is 31.9. The van der Waals surface area contributed by atoms with Gasteiger partial charge >= 0.3 is 0 Å². The Morgan fingerprint density at radius 2 is 0.792 bits per heavy atom. The molecule has 0 saturated carbocycles. The van der Waals surface area contributed by atoms with Gasteiger partial charge in [-0.05, 0) is 46.2 Å². The Morgan fingerprint density at radius 3 is 1.46 bits per heavy atom. The zero-order valence-electron chi connectivity index (χ0n) is 26.0. The van der Waals surface area contributed by atoms with E-state index in [0.29, 0.717) is 17.5 Å². The van der Waals surface area contributed by atoms with Crippen molar-refractivity contribution in [1.82, 2.24) is 19.9 Å². The molecule has 0 spiro atoms. The van der Waals surface area contributed by atoms with Crippen LogP contribution in [0.4, 0.5) is 0 Å². The Kier molecular flexibility index (Phi) is 6.76. The molecular formula is C44H28N4. The molecule has 0 saturated heterocycles. The van der Waals surface area contributed by atoms with Gasteiger partial charge in [0.05, 0.1) is 11.2 Å². The van der Waals surface area contributed by atoms with Gasteiger partial charge in [-0.3, -0.25) is 0 Å². The van der Waals surface area contributed by atoms with Crippen LogP contribution in [0.3, 0.4) is 0 Å². The molecule has 0 aliphatic rings. The van der Waals surface area contributed by atoms with E-state index < -0.39 is 0 Å². The van der Waals surface area contributed by atoms with E-state index in [1.807, 2.05) is 66.7 Å². The standard InChI is InChI=1S/C44H28N4/c1-4-14-29(15-5-1)33-26-34(41-38-25-24-30-16-10-11-21-36(30)40(38)37-22-12-13-23-39(37)45-41)28-35(27-33)44-47-42(31-17-6-2-7-18-31)46-43(48-44)32-19-8-3-9-20-32/h1-28H. The number of fused-ring (bicyclic) bond motifs is 5. The van der Waals surface area contributed by atoms with Crippen LogP contribution in [-0.2, 0) is 0 Å². The minimum Gasteiger partial charge on any atom is -0.247 e. The lowest BCUT2D eigenvalue weighted by molar-refractivity contribution is 1.07. The highest BCUT2D eigenvalue weighted by atomic mass is 15.0. The summed E-state index contributed by atoms with van der Waals surface area (Å²) in [5, 5.41) is 5.88. The number of nitrogens with zero attached hydrogens (tertiary/aromatic N) is 4. The van der Waals surface area contributed by atoms with E-state index in [1.54, 1.807) is 0 Å². The third-order valence-corrected chi connectivity index (χ3v) is 8.86. The number of hydrogen-bond acceptors (Lipinski definition) is 4. The van der Waals surface area contributed by atoms with Crippen molar-refractivity contribution in [3.8, 4) is 56.5 Å². The van der Waals surface area contributed by atoms with E-state index in [2.05, 4.69) is 103 Å². The van der Waals surface area contributed by atoms with Crippen molar-refractivity contribution < 1.29 is 0 Å². The fourth-order valence-corrected chi connectivity index (χ4v) is 6.57. The Hall–Kier alpha value is -6.52. The summed E-state index contributed by atoms with van der Waals surface area (Å²) in [6.45, 7) is 0. The zero-order valence-corrected chi connectivity index (χ0v) is 26.0. The minimum absolute atomic E-state index is 0.609. The van der Waals surface area contributed by atoms with Gasteiger partial charge in [-0.1, -0.05) is 146 Å². The summed E-state index contributed by atoms with van der Waals surface area (Å²) in [4.78, 5) is 20.4. The van der Waals surface area contributed by atoms with Gasteiger partial charge in [0.1, 0.15) is 0 Å². The van der Waals surface area contributed by atoms with Crippen molar-refractivity contribution in [2.75, 3.05) is 0 Å². The van der Waals surface area contributed by atoms with Gasteiger partial charge in [-0.25, -0.2) is 19.9 Å². The molecule has 0 radical (unpaired) electrons. The van der Waals surface area contributed by atoms with Crippen molar-refractivity contribution in [2.24, 2.45) is 0 Å². The maximum absolute atomic E-state index is 5.33. The van der Waals surface area contributed by atoms with Crippen molar-refractivity contribution in [1.29, 1.82) is 0 Å². The Bertz CT molecular complexity index is 2530.